The number of carbonyl (C=O) groups excluding carboxylic acids is 2. The lowest BCUT2D eigenvalue weighted by Gasteiger charge is -2.47. The first-order valence-corrected chi connectivity index (χ1v) is 14.9. The van der Waals surface area contributed by atoms with Crippen LogP contribution in [0.1, 0.15) is 68.1 Å². The summed E-state index contributed by atoms with van der Waals surface area (Å²) in [5, 5.41) is 16.7. The molecule has 2 aromatic rings. The zero-order chi connectivity index (χ0) is 27.2. The molecule has 7 heteroatoms. The summed E-state index contributed by atoms with van der Waals surface area (Å²) in [5.74, 6) is 0.395. The van der Waals surface area contributed by atoms with Gasteiger partial charge in [-0.15, -0.1) is 0 Å². The van der Waals surface area contributed by atoms with E-state index in [2.05, 4.69) is 28.8 Å². The minimum Gasteiger partial charge on any atom is -0.343 e. The molecule has 5 rings (SSSR count). The van der Waals surface area contributed by atoms with Crippen LogP contribution in [-0.2, 0) is 29.0 Å². The lowest BCUT2D eigenvalue weighted by molar-refractivity contribution is -0.139. The van der Waals surface area contributed by atoms with Crippen LogP contribution in [0.25, 0.3) is 0 Å². The second kappa shape index (κ2) is 12.5. The number of hydrogen-bond donors (Lipinski definition) is 2. The van der Waals surface area contributed by atoms with Gasteiger partial charge in [-0.25, -0.2) is 0 Å². The molecule has 0 bridgehead atoms. The number of hydrogen-bond acceptors (Lipinski definition) is 4. The van der Waals surface area contributed by atoms with Gasteiger partial charge in [-0.3, -0.25) is 9.59 Å². The molecule has 1 aliphatic carbocycles. The Balaban J connectivity index is 1.29. The standard InChI is InChI=1S/C32H39ClN4O2/c33-27-12-10-23(11-13-27)20-29(36-30(38)28-21-24-6-4-5-7-25(24)22-35-28)31(39)37-18-15-32(14-17-34,16-19-37)26-8-2-1-3-9-26/h4-7,10-13,26,28-29,35H,1-3,8-9,14-16,18-22H2,(H,36,38)/t28-,29+/m1/s1. The van der Waals surface area contributed by atoms with Gasteiger partial charge in [0.15, 0.2) is 0 Å². The molecule has 1 saturated carbocycles. The second-order valence-corrected chi connectivity index (χ2v) is 12.1. The van der Waals surface area contributed by atoms with Crippen molar-refractivity contribution in [2.24, 2.45) is 11.3 Å². The number of nitrogens with zero attached hydrogens (tertiary/aromatic N) is 2. The van der Waals surface area contributed by atoms with E-state index in [0.717, 1.165) is 18.4 Å². The highest BCUT2D eigenvalue weighted by molar-refractivity contribution is 6.30. The summed E-state index contributed by atoms with van der Waals surface area (Å²) in [4.78, 5) is 29.3. The maximum atomic E-state index is 13.9. The number of fused-ring (bicyclic) bond motifs is 1. The number of nitriles is 1. The quantitative estimate of drug-likeness (QED) is 0.501. The van der Waals surface area contributed by atoms with Crippen molar-refractivity contribution in [3.05, 3.63) is 70.2 Å². The molecule has 2 heterocycles. The monoisotopic (exact) mass is 546 g/mol. The molecule has 0 spiro atoms. The first-order chi connectivity index (χ1) is 19.0. The third-order valence-corrected chi connectivity index (χ3v) is 9.59. The molecule has 39 heavy (non-hydrogen) atoms. The number of likely N-dealkylation sites (tertiary alicyclic amines) is 1. The van der Waals surface area contributed by atoms with E-state index in [0.29, 0.717) is 49.8 Å². The molecule has 2 aliphatic heterocycles. The summed E-state index contributed by atoms with van der Waals surface area (Å²) in [7, 11) is 0. The van der Waals surface area contributed by atoms with E-state index in [9.17, 15) is 14.9 Å². The Bertz CT molecular complexity index is 1190. The highest BCUT2D eigenvalue weighted by Crippen LogP contribution is 2.48. The summed E-state index contributed by atoms with van der Waals surface area (Å²) in [6, 6.07) is 17.1. The van der Waals surface area contributed by atoms with E-state index in [1.165, 1.54) is 43.2 Å². The molecule has 2 amide bonds. The van der Waals surface area contributed by atoms with Crippen LogP contribution >= 0.6 is 11.6 Å². The van der Waals surface area contributed by atoms with Crippen LogP contribution in [0.5, 0.6) is 0 Å². The van der Waals surface area contributed by atoms with Crippen molar-refractivity contribution in [1.82, 2.24) is 15.5 Å². The summed E-state index contributed by atoms with van der Waals surface area (Å²) < 4.78 is 0. The first-order valence-electron chi connectivity index (χ1n) is 14.5. The minimum absolute atomic E-state index is 0.0142. The molecular formula is C32H39ClN4O2. The number of carbonyl (C=O) groups is 2. The van der Waals surface area contributed by atoms with Gasteiger partial charge in [0.05, 0.1) is 12.1 Å². The molecule has 2 aromatic carbocycles. The van der Waals surface area contributed by atoms with Gasteiger partial charge in [-0.05, 0) is 72.3 Å². The Morgan fingerprint density at radius 1 is 1.05 bits per heavy atom. The Labute approximate surface area is 237 Å². The Morgan fingerprint density at radius 2 is 1.74 bits per heavy atom. The predicted octanol–water partition coefficient (Wildman–Crippen LogP) is 5.18. The van der Waals surface area contributed by atoms with Gasteiger partial charge in [0, 0.05) is 37.5 Å². The van der Waals surface area contributed by atoms with E-state index in [1.807, 2.05) is 41.3 Å². The molecule has 6 nitrogen and oxygen atoms in total. The van der Waals surface area contributed by atoms with Crippen LogP contribution in [-0.4, -0.2) is 41.9 Å². The SMILES string of the molecule is N#CCC1(C2CCCCC2)CCN(C(=O)[C@H](Cc2ccc(Cl)cc2)NC(=O)[C@H]2Cc3ccccc3CN2)CC1. The topological polar surface area (TPSA) is 85.2 Å². The lowest BCUT2D eigenvalue weighted by Crippen LogP contribution is -2.57. The predicted molar refractivity (Wildman–Crippen MR) is 153 cm³/mol. The average Bonchev–Trinajstić information content (AvgIpc) is 2.98. The van der Waals surface area contributed by atoms with Crippen molar-refractivity contribution in [2.45, 2.75) is 82.8 Å². The van der Waals surface area contributed by atoms with Crippen molar-refractivity contribution < 1.29 is 9.59 Å². The molecule has 0 aromatic heterocycles. The highest BCUT2D eigenvalue weighted by Gasteiger charge is 2.43. The van der Waals surface area contributed by atoms with Crippen molar-refractivity contribution in [1.29, 1.82) is 5.26 Å². The fourth-order valence-electron chi connectivity index (χ4n) is 6.96. The molecule has 1 saturated heterocycles. The average molecular weight is 547 g/mol. The molecule has 2 atom stereocenters. The van der Waals surface area contributed by atoms with E-state index < -0.39 is 6.04 Å². The van der Waals surface area contributed by atoms with Crippen LogP contribution in [0.4, 0.5) is 0 Å². The van der Waals surface area contributed by atoms with Crippen LogP contribution in [0.3, 0.4) is 0 Å². The zero-order valence-corrected chi connectivity index (χ0v) is 23.4. The van der Waals surface area contributed by atoms with E-state index in [1.54, 1.807) is 0 Å². The zero-order valence-electron chi connectivity index (χ0n) is 22.6. The molecule has 206 valence electrons. The molecule has 0 unspecified atom stereocenters. The fraction of sp³-hybridized carbons (Fsp3) is 0.531. The Morgan fingerprint density at radius 3 is 2.44 bits per heavy atom. The molecule has 3 aliphatic rings. The molecule has 2 N–H and O–H groups in total. The molecule has 0 radical (unpaired) electrons. The van der Waals surface area contributed by atoms with Gasteiger partial charge in [0.1, 0.15) is 6.04 Å². The largest absolute Gasteiger partial charge is 0.343 e. The Kier molecular flexibility index (Phi) is 8.89. The number of amides is 2. The first kappa shape index (κ1) is 27.7. The van der Waals surface area contributed by atoms with Gasteiger partial charge in [-0.1, -0.05) is 67.3 Å². The van der Waals surface area contributed by atoms with Gasteiger partial charge < -0.3 is 15.5 Å². The second-order valence-electron chi connectivity index (χ2n) is 11.7. The van der Waals surface area contributed by atoms with E-state index in [-0.39, 0.29) is 23.3 Å². The molecular weight excluding hydrogens is 508 g/mol. The van der Waals surface area contributed by atoms with E-state index in [4.69, 9.17) is 11.6 Å². The number of halogens is 1. The third kappa shape index (κ3) is 6.48. The van der Waals surface area contributed by atoms with Crippen LogP contribution in [0.2, 0.25) is 5.02 Å². The molecule has 2 fully saturated rings. The number of piperidine rings is 1. The van der Waals surface area contributed by atoms with Gasteiger partial charge >= 0.3 is 0 Å². The van der Waals surface area contributed by atoms with Crippen LogP contribution in [0.15, 0.2) is 48.5 Å². The van der Waals surface area contributed by atoms with Gasteiger partial charge in [0.2, 0.25) is 11.8 Å². The summed E-state index contributed by atoms with van der Waals surface area (Å²) in [5.41, 5.74) is 3.35. The lowest BCUT2D eigenvalue weighted by atomic mass is 9.62. The van der Waals surface area contributed by atoms with Gasteiger partial charge in [-0.2, -0.15) is 5.26 Å². The minimum atomic E-state index is -0.657. The summed E-state index contributed by atoms with van der Waals surface area (Å²) in [6.45, 7) is 1.91. The van der Waals surface area contributed by atoms with Crippen molar-refractivity contribution in [3.8, 4) is 6.07 Å². The van der Waals surface area contributed by atoms with Crippen molar-refractivity contribution in [3.63, 3.8) is 0 Å². The van der Waals surface area contributed by atoms with Gasteiger partial charge in [0.25, 0.3) is 0 Å². The summed E-state index contributed by atoms with van der Waals surface area (Å²) >= 11 is 6.10. The smallest absolute Gasteiger partial charge is 0.245 e. The normalized spacial score (nSPS) is 21.8. The Hall–Kier alpha value is -2.88. The number of rotatable bonds is 7. The van der Waals surface area contributed by atoms with Crippen LogP contribution in [0, 0.1) is 22.7 Å². The van der Waals surface area contributed by atoms with E-state index >= 15 is 0 Å². The highest BCUT2D eigenvalue weighted by atomic mass is 35.5. The number of nitrogens with one attached hydrogen (secondary N) is 2. The summed E-state index contributed by atoms with van der Waals surface area (Å²) in [6.07, 6.45) is 9.48. The van der Waals surface area contributed by atoms with Crippen molar-refractivity contribution in [2.75, 3.05) is 13.1 Å². The van der Waals surface area contributed by atoms with Crippen LogP contribution < -0.4 is 10.6 Å². The fourth-order valence-corrected chi connectivity index (χ4v) is 7.09. The third-order valence-electron chi connectivity index (χ3n) is 9.34. The number of benzene rings is 2. The maximum absolute atomic E-state index is 13.9. The maximum Gasteiger partial charge on any atom is 0.245 e. The van der Waals surface area contributed by atoms with Crippen molar-refractivity contribution >= 4 is 23.4 Å².